The third kappa shape index (κ3) is 4.04. The first-order chi connectivity index (χ1) is 15.3. The van der Waals surface area contributed by atoms with Gasteiger partial charge in [-0.25, -0.2) is 0 Å². The second-order valence-electron chi connectivity index (χ2n) is 7.81. The van der Waals surface area contributed by atoms with Crippen LogP contribution >= 0.6 is 22.9 Å². The number of aliphatic hydroxyl groups excluding tert-OH is 1. The summed E-state index contributed by atoms with van der Waals surface area (Å²) in [5.41, 5.74) is 1.80. The minimum Gasteiger partial charge on any atom is -0.507 e. The lowest BCUT2D eigenvalue weighted by atomic mass is 9.99. The third-order valence-electron chi connectivity index (χ3n) is 5.17. The number of nitrogens with zero attached hydrogens (tertiary/aromatic N) is 1. The predicted octanol–water partition coefficient (Wildman–Crippen LogP) is 6.12. The highest BCUT2D eigenvalue weighted by Crippen LogP contribution is 2.44. The molecule has 3 aromatic rings. The zero-order chi connectivity index (χ0) is 23.0. The number of halogens is 1. The first kappa shape index (κ1) is 22.1. The molecule has 7 heteroatoms. The number of thiophene rings is 1. The summed E-state index contributed by atoms with van der Waals surface area (Å²) in [7, 11) is 0. The monoisotopic (exact) mass is 467 g/mol. The topological polar surface area (TPSA) is 66.8 Å². The van der Waals surface area contributed by atoms with E-state index >= 15 is 0 Å². The molecule has 1 amide bonds. The molecule has 2 aromatic carbocycles. The lowest BCUT2D eigenvalue weighted by Gasteiger charge is -2.24. The Morgan fingerprint density at radius 1 is 1.12 bits per heavy atom. The number of rotatable bonds is 5. The van der Waals surface area contributed by atoms with Crippen LogP contribution in [0.15, 0.2) is 65.6 Å². The van der Waals surface area contributed by atoms with Crippen molar-refractivity contribution < 1.29 is 19.4 Å². The summed E-state index contributed by atoms with van der Waals surface area (Å²) in [6, 6.07) is 15.0. The fraction of sp³-hybridized carbons (Fsp3) is 0.200. The smallest absolute Gasteiger partial charge is 0.300 e. The Labute approximate surface area is 195 Å². The lowest BCUT2D eigenvalue weighted by molar-refractivity contribution is -0.132. The van der Waals surface area contributed by atoms with Gasteiger partial charge in [0.25, 0.3) is 11.7 Å². The average molecular weight is 468 g/mol. The minimum absolute atomic E-state index is 0.0378. The summed E-state index contributed by atoms with van der Waals surface area (Å²) in [4.78, 5) is 28.5. The summed E-state index contributed by atoms with van der Waals surface area (Å²) in [6.45, 7) is 5.67. The SMILES string of the molecule is Cc1ccc(N2C(=O)C(=O)/C(=C(\O)c3cccc(OC(C)C)c3)C2c2cccs2)cc1Cl. The van der Waals surface area contributed by atoms with Gasteiger partial charge in [-0.3, -0.25) is 14.5 Å². The van der Waals surface area contributed by atoms with Crippen molar-refractivity contribution in [2.24, 2.45) is 0 Å². The van der Waals surface area contributed by atoms with Crippen molar-refractivity contribution in [2.75, 3.05) is 4.90 Å². The Morgan fingerprint density at radius 2 is 1.91 bits per heavy atom. The van der Waals surface area contributed by atoms with Crippen molar-refractivity contribution in [3.05, 3.63) is 86.6 Å². The van der Waals surface area contributed by atoms with Gasteiger partial charge in [0.2, 0.25) is 0 Å². The fourth-order valence-electron chi connectivity index (χ4n) is 3.69. The highest BCUT2D eigenvalue weighted by atomic mass is 35.5. The normalized spacial score (nSPS) is 17.9. The molecule has 1 unspecified atom stereocenters. The van der Waals surface area contributed by atoms with Crippen molar-refractivity contribution in [1.82, 2.24) is 0 Å². The standard InChI is InChI=1S/C25H22ClNO4S/c1-14(2)31-18-7-4-6-16(12-18)23(28)21-22(20-8-5-11-32-20)27(25(30)24(21)29)17-10-9-15(3)19(26)13-17/h4-14,22,28H,1-3H3/b23-21-. The number of benzene rings is 2. The molecule has 164 valence electrons. The Morgan fingerprint density at radius 3 is 2.56 bits per heavy atom. The zero-order valence-corrected chi connectivity index (χ0v) is 19.4. The van der Waals surface area contributed by atoms with Gasteiger partial charge in [0, 0.05) is 21.2 Å². The van der Waals surface area contributed by atoms with Crippen LogP contribution in [0.5, 0.6) is 5.75 Å². The quantitative estimate of drug-likeness (QED) is 0.278. The third-order valence-corrected chi connectivity index (χ3v) is 6.50. The van der Waals surface area contributed by atoms with Gasteiger partial charge in [-0.05, 0) is 62.0 Å². The highest BCUT2D eigenvalue weighted by Gasteiger charge is 2.47. The molecule has 1 N–H and O–H groups in total. The molecule has 1 aliphatic rings. The number of carbonyl (C=O) groups is 2. The van der Waals surface area contributed by atoms with Gasteiger partial charge in [0.05, 0.1) is 11.7 Å². The van der Waals surface area contributed by atoms with E-state index in [4.69, 9.17) is 16.3 Å². The highest BCUT2D eigenvalue weighted by molar-refractivity contribution is 7.10. The van der Waals surface area contributed by atoms with Gasteiger partial charge in [0.15, 0.2) is 0 Å². The van der Waals surface area contributed by atoms with Crippen LogP contribution in [-0.4, -0.2) is 22.9 Å². The number of carbonyl (C=O) groups excluding carboxylic acids is 2. The van der Waals surface area contributed by atoms with E-state index in [9.17, 15) is 14.7 Å². The van der Waals surface area contributed by atoms with Crippen LogP contribution in [0.25, 0.3) is 5.76 Å². The van der Waals surface area contributed by atoms with Crippen LogP contribution in [-0.2, 0) is 9.59 Å². The van der Waals surface area contributed by atoms with Gasteiger partial charge in [-0.2, -0.15) is 0 Å². The van der Waals surface area contributed by atoms with E-state index in [1.165, 1.54) is 16.2 Å². The van der Waals surface area contributed by atoms with Crippen LogP contribution in [0.4, 0.5) is 5.69 Å². The van der Waals surface area contributed by atoms with Gasteiger partial charge in [0.1, 0.15) is 17.6 Å². The van der Waals surface area contributed by atoms with Crippen LogP contribution in [0.3, 0.4) is 0 Å². The van der Waals surface area contributed by atoms with Crippen molar-refractivity contribution in [2.45, 2.75) is 32.9 Å². The van der Waals surface area contributed by atoms with E-state index in [0.717, 1.165) is 10.4 Å². The number of ketones is 1. The van der Waals surface area contributed by atoms with Crippen molar-refractivity contribution in [3.8, 4) is 5.75 Å². The van der Waals surface area contributed by atoms with E-state index in [1.807, 2.05) is 38.3 Å². The summed E-state index contributed by atoms with van der Waals surface area (Å²) < 4.78 is 5.72. The Kier molecular flexibility index (Phi) is 6.09. The average Bonchev–Trinajstić information content (AvgIpc) is 3.37. The van der Waals surface area contributed by atoms with Crippen LogP contribution in [0.1, 0.15) is 35.9 Å². The maximum Gasteiger partial charge on any atom is 0.300 e. The maximum atomic E-state index is 13.2. The molecular formula is C25H22ClNO4S. The Bertz CT molecular complexity index is 1220. The molecule has 1 aliphatic heterocycles. The van der Waals surface area contributed by atoms with Crippen molar-refractivity contribution >= 4 is 46.1 Å². The molecule has 2 heterocycles. The molecule has 1 aromatic heterocycles. The largest absolute Gasteiger partial charge is 0.507 e. The minimum atomic E-state index is -0.761. The molecule has 0 spiro atoms. The number of aryl methyl sites for hydroxylation is 1. The van der Waals surface area contributed by atoms with E-state index in [-0.39, 0.29) is 17.4 Å². The summed E-state index contributed by atoms with van der Waals surface area (Å²) in [5.74, 6) is -1.12. The summed E-state index contributed by atoms with van der Waals surface area (Å²) in [6.07, 6.45) is -0.0459. The van der Waals surface area contributed by atoms with E-state index < -0.39 is 17.7 Å². The van der Waals surface area contributed by atoms with Crippen LogP contribution in [0, 0.1) is 6.92 Å². The predicted molar refractivity (Wildman–Crippen MR) is 127 cm³/mol. The zero-order valence-electron chi connectivity index (χ0n) is 17.8. The second-order valence-corrected chi connectivity index (χ2v) is 9.20. The van der Waals surface area contributed by atoms with E-state index in [1.54, 1.807) is 42.5 Å². The molecule has 0 radical (unpaired) electrons. The Balaban J connectivity index is 1.88. The van der Waals surface area contributed by atoms with Gasteiger partial charge in [-0.15, -0.1) is 11.3 Å². The molecule has 1 fully saturated rings. The number of hydrogen-bond donors (Lipinski definition) is 1. The van der Waals surface area contributed by atoms with Crippen molar-refractivity contribution in [3.63, 3.8) is 0 Å². The summed E-state index contributed by atoms with van der Waals surface area (Å²) in [5, 5.41) is 13.6. The molecule has 32 heavy (non-hydrogen) atoms. The number of hydrogen-bond acceptors (Lipinski definition) is 5. The molecule has 0 aliphatic carbocycles. The molecule has 4 rings (SSSR count). The van der Waals surface area contributed by atoms with Crippen molar-refractivity contribution in [1.29, 1.82) is 0 Å². The van der Waals surface area contributed by atoms with E-state index in [2.05, 4.69) is 0 Å². The number of amides is 1. The molecule has 0 saturated carbocycles. The Hall–Kier alpha value is -3.09. The fourth-order valence-corrected chi connectivity index (χ4v) is 4.69. The molecule has 0 bridgehead atoms. The molecule has 5 nitrogen and oxygen atoms in total. The number of aliphatic hydroxyl groups is 1. The van der Waals surface area contributed by atoms with Crippen LogP contribution in [0.2, 0.25) is 5.02 Å². The van der Waals surface area contributed by atoms with Gasteiger partial charge in [-0.1, -0.05) is 35.9 Å². The number of ether oxygens (including phenoxy) is 1. The van der Waals surface area contributed by atoms with Gasteiger partial charge >= 0.3 is 0 Å². The lowest BCUT2D eigenvalue weighted by Crippen LogP contribution is -2.29. The molecular weight excluding hydrogens is 446 g/mol. The molecule has 1 atom stereocenters. The number of anilines is 1. The van der Waals surface area contributed by atoms with Gasteiger partial charge < -0.3 is 9.84 Å². The van der Waals surface area contributed by atoms with E-state index in [0.29, 0.717) is 22.0 Å². The first-order valence-electron chi connectivity index (χ1n) is 10.2. The maximum absolute atomic E-state index is 13.2. The summed E-state index contributed by atoms with van der Waals surface area (Å²) >= 11 is 7.72. The number of Topliss-reactive ketones (excluding diaryl/α,β-unsaturated/α-hetero) is 1. The van der Waals surface area contributed by atoms with Crippen LogP contribution < -0.4 is 9.64 Å². The molecule has 1 saturated heterocycles. The first-order valence-corrected chi connectivity index (χ1v) is 11.4. The second kappa shape index (κ2) is 8.81.